The Labute approximate surface area is 203 Å². The largest absolute Gasteiger partial charge is 0.443 e. The Kier molecular flexibility index (Phi) is 5.54. The summed E-state index contributed by atoms with van der Waals surface area (Å²) in [5.74, 6) is 0.965. The smallest absolute Gasteiger partial charge is 0.407 e. The second kappa shape index (κ2) is 8.64. The van der Waals surface area contributed by atoms with Crippen molar-refractivity contribution in [3.8, 4) is 0 Å². The number of carbonyl (C=O) groups is 1. The number of H-pyrrole nitrogens is 1. The SMILES string of the molecule is COCc1cc2c(Nc3cc([C@H]4C[C@@H](F)[C@@H](OC(=O)NC56CC(C5)C6)C4)[nH]n3)nc(C(F)F)cn2n1. The molecule has 4 aliphatic rings. The minimum absolute atomic E-state index is 0.129. The van der Waals surface area contributed by atoms with Gasteiger partial charge in [0.1, 0.15) is 23.5 Å². The fourth-order valence-electron chi connectivity index (χ4n) is 5.55. The van der Waals surface area contributed by atoms with Crippen LogP contribution in [0.5, 0.6) is 0 Å². The van der Waals surface area contributed by atoms with Gasteiger partial charge in [-0.3, -0.25) is 5.10 Å². The molecule has 192 valence electrons. The molecule has 36 heavy (non-hydrogen) atoms. The number of amides is 1. The van der Waals surface area contributed by atoms with Crippen LogP contribution in [0.3, 0.4) is 0 Å². The molecule has 0 radical (unpaired) electrons. The van der Waals surface area contributed by atoms with E-state index in [4.69, 9.17) is 9.47 Å². The molecule has 3 aromatic heterocycles. The third-order valence-corrected chi connectivity index (χ3v) is 7.42. The lowest BCUT2D eigenvalue weighted by molar-refractivity contribution is -0.0530. The summed E-state index contributed by atoms with van der Waals surface area (Å²) >= 11 is 0. The number of alkyl carbamates (subject to hydrolysis) is 1. The fraction of sp³-hybridized carbons (Fsp3) is 0.565. The van der Waals surface area contributed by atoms with Crippen molar-refractivity contribution >= 4 is 23.2 Å². The Bertz CT molecular complexity index is 1280. The number of nitrogens with zero attached hydrogens (tertiary/aromatic N) is 4. The second-order valence-electron chi connectivity index (χ2n) is 10.1. The van der Waals surface area contributed by atoms with E-state index in [1.807, 2.05) is 0 Å². The molecular formula is C23H26F3N7O3. The zero-order valence-corrected chi connectivity index (χ0v) is 19.5. The maximum atomic E-state index is 14.7. The second-order valence-corrected chi connectivity index (χ2v) is 10.1. The number of halogens is 3. The lowest BCUT2D eigenvalue weighted by atomic mass is 9.50. The van der Waals surface area contributed by atoms with Crippen LogP contribution < -0.4 is 10.6 Å². The number of aromatic nitrogens is 5. The van der Waals surface area contributed by atoms with Crippen molar-refractivity contribution in [1.82, 2.24) is 30.1 Å². The Morgan fingerprint density at radius 1 is 1.31 bits per heavy atom. The van der Waals surface area contributed by atoms with Crippen LogP contribution in [-0.4, -0.2) is 55.8 Å². The van der Waals surface area contributed by atoms with Crippen molar-refractivity contribution in [3.63, 3.8) is 0 Å². The number of anilines is 2. The molecule has 0 aliphatic heterocycles. The average Bonchev–Trinajstić information content (AvgIpc) is 3.49. The Balaban J connectivity index is 1.14. The van der Waals surface area contributed by atoms with Gasteiger partial charge in [-0.1, -0.05) is 0 Å². The monoisotopic (exact) mass is 505 g/mol. The van der Waals surface area contributed by atoms with E-state index in [0.29, 0.717) is 35.1 Å². The van der Waals surface area contributed by atoms with E-state index in [1.54, 1.807) is 12.1 Å². The van der Waals surface area contributed by atoms with Gasteiger partial charge in [0, 0.05) is 30.3 Å². The molecule has 10 nitrogen and oxygen atoms in total. The maximum Gasteiger partial charge on any atom is 0.407 e. The molecule has 3 N–H and O–H groups in total. The summed E-state index contributed by atoms with van der Waals surface area (Å²) in [4.78, 5) is 16.3. The van der Waals surface area contributed by atoms with Crippen LogP contribution >= 0.6 is 0 Å². The number of carbonyl (C=O) groups excluding carboxylic acids is 1. The van der Waals surface area contributed by atoms with Gasteiger partial charge >= 0.3 is 6.09 Å². The van der Waals surface area contributed by atoms with E-state index in [2.05, 4.69) is 30.9 Å². The number of hydrogen-bond acceptors (Lipinski definition) is 7. The normalized spacial score (nSPS) is 28.7. The number of hydrogen-bond donors (Lipinski definition) is 3. The van der Waals surface area contributed by atoms with Crippen LogP contribution in [-0.2, 0) is 16.1 Å². The van der Waals surface area contributed by atoms with Gasteiger partial charge in [-0.2, -0.15) is 10.2 Å². The van der Waals surface area contributed by atoms with Crippen LogP contribution in [0.4, 0.5) is 29.6 Å². The van der Waals surface area contributed by atoms with Crippen LogP contribution in [0.2, 0.25) is 0 Å². The van der Waals surface area contributed by atoms with E-state index < -0.39 is 30.5 Å². The molecule has 2 bridgehead atoms. The van der Waals surface area contributed by atoms with E-state index in [9.17, 15) is 18.0 Å². The van der Waals surface area contributed by atoms with E-state index >= 15 is 0 Å². The molecule has 0 saturated heterocycles. The van der Waals surface area contributed by atoms with Crippen molar-refractivity contribution in [2.75, 3.05) is 12.4 Å². The molecule has 0 aromatic carbocycles. The van der Waals surface area contributed by atoms with Crippen molar-refractivity contribution in [2.24, 2.45) is 5.92 Å². The van der Waals surface area contributed by atoms with Gasteiger partial charge in [-0.15, -0.1) is 0 Å². The number of rotatable bonds is 8. The highest BCUT2D eigenvalue weighted by atomic mass is 19.3. The Hall–Kier alpha value is -3.35. The average molecular weight is 506 g/mol. The summed E-state index contributed by atoms with van der Waals surface area (Å²) < 4.78 is 53.3. The van der Waals surface area contributed by atoms with Crippen molar-refractivity contribution < 1.29 is 27.4 Å². The Morgan fingerprint density at radius 2 is 2.11 bits per heavy atom. The maximum absolute atomic E-state index is 14.7. The quantitative estimate of drug-likeness (QED) is 0.421. The first-order valence-electron chi connectivity index (χ1n) is 11.9. The van der Waals surface area contributed by atoms with Crippen LogP contribution in [0, 0.1) is 5.92 Å². The van der Waals surface area contributed by atoms with E-state index in [1.165, 1.54) is 17.8 Å². The first-order chi connectivity index (χ1) is 17.3. The lowest BCUT2D eigenvalue weighted by Gasteiger charge is -2.61. The summed E-state index contributed by atoms with van der Waals surface area (Å²) in [5, 5.41) is 17.2. The lowest BCUT2D eigenvalue weighted by Crippen LogP contribution is -2.68. The molecular weight excluding hydrogens is 479 g/mol. The molecule has 13 heteroatoms. The summed E-state index contributed by atoms with van der Waals surface area (Å²) in [6, 6.07) is 3.37. The van der Waals surface area contributed by atoms with Gasteiger partial charge in [0.2, 0.25) is 0 Å². The van der Waals surface area contributed by atoms with Crippen LogP contribution in [0.15, 0.2) is 18.3 Å². The molecule has 0 spiro atoms. The van der Waals surface area contributed by atoms with Crippen LogP contribution in [0.25, 0.3) is 5.52 Å². The van der Waals surface area contributed by atoms with Crippen molar-refractivity contribution in [1.29, 1.82) is 0 Å². The molecule has 3 aromatic rings. The topological polar surface area (TPSA) is 118 Å². The highest BCUT2D eigenvalue weighted by Gasteiger charge is 2.58. The number of aromatic amines is 1. The fourth-order valence-corrected chi connectivity index (χ4v) is 5.55. The van der Waals surface area contributed by atoms with Crippen molar-refractivity contribution in [3.05, 3.63) is 35.4 Å². The first kappa shape index (κ1) is 23.1. The minimum atomic E-state index is -2.79. The number of ether oxygens (including phenoxy) is 2. The summed E-state index contributed by atoms with van der Waals surface area (Å²) in [6.07, 6.45) is -0.867. The molecule has 3 heterocycles. The highest BCUT2D eigenvalue weighted by molar-refractivity contribution is 5.72. The summed E-state index contributed by atoms with van der Waals surface area (Å²) in [6.45, 7) is 0.215. The number of methoxy groups -OCH3 is 1. The Morgan fingerprint density at radius 3 is 2.81 bits per heavy atom. The van der Waals surface area contributed by atoms with Crippen molar-refractivity contribution in [2.45, 2.75) is 68.9 Å². The molecule has 7 rings (SSSR count). The summed E-state index contributed by atoms with van der Waals surface area (Å²) in [5.41, 5.74) is 1.11. The minimum Gasteiger partial charge on any atom is -0.443 e. The zero-order chi connectivity index (χ0) is 25.0. The first-order valence-corrected chi connectivity index (χ1v) is 11.9. The molecule has 4 fully saturated rings. The predicted octanol–water partition coefficient (Wildman–Crippen LogP) is 4.14. The van der Waals surface area contributed by atoms with Gasteiger partial charge in [0.25, 0.3) is 6.43 Å². The van der Waals surface area contributed by atoms with Crippen LogP contribution in [0.1, 0.15) is 61.5 Å². The molecule has 0 unspecified atom stereocenters. The van der Waals surface area contributed by atoms with E-state index in [-0.39, 0.29) is 30.3 Å². The molecule has 4 aliphatic carbocycles. The third kappa shape index (κ3) is 4.14. The van der Waals surface area contributed by atoms with E-state index in [0.717, 1.165) is 19.3 Å². The third-order valence-electron chi connectivity index (χ3n) is 7.42. The number of alkyl halides is 3. The number of fused-ring (bicyclic) bond motifs is 1. The molecule has 3 atom stereocenters. The highest BCUT2D eigenvalue weighted by Crippen LogP contribution is 2.57. The van der Waals surface area contributed by atoms with Gasteiger partial charge in [-0.05, 0) is 44.1 Å². The number of nitrogens with one attached hydrogen (secondary N) is 3. The van der Waals surface area contributed by atoms with Gasteiger partial charge in [0.15, 0.2) is 11.6 Å². The summed E-state index contributed by atoms with van der Waals surface area (Å²) in [7, 11) is 1.51. The standard InChI is InChI=1S/C23H26F3N7O3/c1-35-10-13-4-17-21(27-16(20(25)26)9-33(17)32-13)28-19-5-15(30-31-19)12-2-14(24)18(3-12)36-22(34)29-23-6-11(7-23)8-23/h4-5,9,11-12,14,18,20H,2-3,6-8,10H2,1H3,(H,29,34)(H2,27,28,30,31)/t11?,12-,14+,18-,23?/m0/s1. The van der Waals surface area contributed by atoms with Gasteiger partial charge < -0.3 is 20.1 Å². The predicted molar refractivity (Wildman–Crippen MR) is 121 cm³/mol. The van der Waals surface area contributed by atoms with Gasteiger partial charge in [0.05, 0.1) is 18.5 Å². The van der Waals surface area contributed by atoms with Gasteiger partial charge in [-0.25, -0.2) is 27.5 Å². The molecule has 1 amide bonds. The zero-order valence-electron chi connectivity index (χ0n) is 19.5. The molecule has 4 saturated carbocycles.